The maximum Gasteiger partial charge on any atom is 0.309 e. The van der Waals surface area contributed by atoms with Gasteiger partial charge >= 0.3 is 5.97 Å². The van der Waals surface area contributed by atoms with Crippen LogP contribution in [0.25, 0.3) is 0 Å². The van der Waals surface area contributed by atoms with Gasteiger partial charge in [-0.05, 0) is 108 Å². The number of nitrogens with zero attached hydrogens (tertiary/aromatic N) is 2. The van der Waals surface area contributed by atoms with Crippen LogP contribution in [0.5, 0.6) is 0 Å². The second kappa shape index (κ2) is 9.41. The van der Waals surface area contributed by atoms with E-state index < -0.39 is 0 Å². The van der Waals surface area contributed by atoms with Crippen molar-refractivity contribution in [1.82, 2.24) is 9.80 Å². The van der Waals surface area contributed by atoms with Crippen LogP contribution >= 0.6 is 0 Å². The fourth-order valence-electron chi connectivity index (χ4n) is 6.58. The van der Waals surface area contributed by atoms with Gasteiger partial charge < -0.3 is 4.74 Å². The van der Waals surface area contributed by atoms with E-state index in [4.69, 9.17) is 4.74 Å². The number of rotatable bonds is 7. The molecule has 32 heavy (non-hydrogen) atoms. The normalized spacial score (nSPS) is 27.1. The van der Waals surface area contributed by atoms with Crippen molar-refractivity contribution in [2.75, 3.05) is 14.1 Å². The molecule has 0 spiro atoms. The lowest BCUT2D eigenvalue weighted by Gasteiger charge is -2.54. The van der Waals surface area contributed by atoms with E-state index in [1.807, 2.05) is 0 Å². The molecule has 0 saturated carbocycles. The molecule has 4 heteroatoms. The van der Waals surface area contributed by atoms with Crippen molar-refractivity contribution in [3.8, 4) is 0 Å². The van der Waals surface area contributed by atoms with Crippen molar-refractivity contribution >= 4 is 5.97 Å². The second-order valence-electron chi connectivity index (χ2n) is 13.4. The Hall–Kier alpha value is -0.870. The Morgan fingerprint density at radius 2 is 1.28 bits per heavy atom. The van der Waals surface area contributed by atoms with Gasteiger partial charge in [0.2, 0.25) is 0 Å². The van der Waals surface area contributed by atoms with E-state index in [9.17, 15) is 4.79 Å². The fraction of sp³-hybridized carbons (Fsp3) is 0.893. The smallest absolute Gasteiger partial charge is 0.309 e. The molecule has 0 amide bonds. The van der Waals surface area contributed by atoms with E-state index in [0.717, 1.165) is 32.1 Å². The predicted molar refractivity (Wildman–Crippen MR) is 136 cm³/mol. The van der Waals surface area contributed by atoms with Gasteiger partial charge in [0.1, 0.15) is 6.10 Å². The molecule has 1 unspecified atom stereocenters. The molecule has 2 aliphatic rings. The Labute approximate surface area is 199 Å². The summed E-state index contributed by atoms with van der Waals surface area (Å²) >= 11 is 0. The predicted octanol–water partition coefficient (Wildman–Crippen LogP) is 6.44. The minimum Gasteiger partial charge on any atom is -0.462 e. The standard InChI is InChI=1S/C28H52N2O2/c1-13-22(24(31)32-23-18-27(7,8)30(12)28(9,10)19-23)15-20(2)14-21-16-25(3,4)29(11)26(5,6)17-21/h21-23H,2,13-19H2,1,3-12H3. The SMILES string of the molecule is C=C(CC1CC(C)(C)N(C)C(C)(C)C1)CC(CC)C(=O)OC1CC(C)(C)N(C)C(C)(C)C1. The largest absolute Gasteiger partial charge is 0.462 e. The number of piperidine rings is 2. The van der Waals surface area contributed by atoms with Gasteiger partial charge in [0.05, 0.1) is 5.92 Å². The van der Waals surface area contributed by atoms with Crippen molar-refractivity contribution in [3.63, 3.8) is 0 Å². The number of hydrogen-bond acceptors (Lipinski definition) is 4. The van der Waals surface area contributed by atoms with Gasteiger partial charge in [-0.3, -0.25) is 14.6 Å². The zero-order valence-electron chi connectivity index (χ0n) is 23.1. The van der Waals surface area contributed by atoms with Gasteiger partial charge in [-0.15, -0.1) is 0 Å². The lowest BCUT2D eigenvalue weighted by Crippen LogP contribution is -2.60. The molecule has 2 saturated heterocycles. The number of carbonyl (C=O) groups is 1. The van der Waals surface area contributed by atoms with Crippen LogP contribution in [0.2, 0.25) is 0 Å². The van der Waals surface area contributed by atoms with Crippen LogP contribution in [0.1, 0.15) is 107 Å². The molecule has 0 aromatic rings. The molecule has 2 aliphatic heterocycles. The second-order valence-corrected chi connectivity index (χ2v) is 13.4. The Morgan fingerprint density at radius 1 is 0.875 bits per heavy atom. The Morgan fingerprint density at radius 3 is 1.69 bits per heavy atom. The topological polar surface area (TPSA) is 32.8 Å². The van der Waals surface area contributed by atoms with Crippen molar-refractivity contribution in [3.05, 3.63) is 12.2 Å². The third kappa shape index (κ3) is 6.17. The highest BCUT2D eigenvalue weighted by atomic mass is 16.5. The molecule has 186 valence electrons. The Balaban J connectivity index is 1.96. The Kier molecular flexibility index (Phi) is 8.05. The van der Waals surface area contributed by atoms with E-state index in [0.29, 0.717) is 5.92 Å². The zero-order chi connectivity index (χ0) is 24.7. The first-order chi connectivity index (χ1) is 14.4. The van der Waals surface area contributed by atoms with E-state index >= 15 is 0 Å². The van der Waals surface area contributed by atoms with Gasteiger partial charge in [-0.1, -0.05) is 19.1 Å². The maximum atomic E-state index is 13.1. The van der Waals surface area contributed by atoms with Crippen molar-refractivity contribution < 1.29 is 9.53 Å². The number of esters is 1. The zero-order valence-corrected chi connectivity index (χ0v) is 23.1. The van der Waals surface area contributed by atoms with Crippen molar-refractivity contribution in [1.29, 1.82) is 0 Å². The number of ether oxygens (including phenoxy) is 1. The molecule has 2 rings (SSSR count). The Bertz CT molecular complexity index is 656. The molecule has 0 radical (unpaired) electrons. The highest BCUT2D eigenvalue weighted by Gasteiger charge is 2.45. The summed E-state index contributed by atoms with van der Waals surface area (Å²) in [5, 5.41) is 0. The molecule has 0 N–H and O–H groups in total. The van der Waals surface area contributed by atoms with Crippen LogP contribution in [-0.2, 0) is 9.53 Å². The quantitative estimate of drug-likeness (QED) is 0.331. The van der Waals surface area contributed by atoms with Crippen LogP contribution in [-0.4, -0.2) is 58.1 Å². The molecule has 2 fully saturated rings. The molecular formula is C28H52N2O2. The lowest BCUT2D eigenvalue weighted by atomic mass is 9.71. The first-order valence-corrected chi connectivity index (χ1v) is 12.8. The molecule has 0 bridgehead atoms. The van der Waals surface area contributed by atoms with Crippen molar-refractivity contribution in [2.45, 2.75) is 136 Å². The van der Waals surface area contributed by atoms with Crippen LogP contribution < -0.4 is 0 Å². The summed E-state index contributed by atoms with van der Waals surface area (Å²) in [6.45, 7) is 24.9. The van der Waals surface area contributed by atoms with E-state index in [2.05, 4.69) is 92.8 Å². The van der Waals surface area contributed by atoms with Gasteiger partial charge in [0.15, 0.2) is 0 Å². The fourth-order valence-corrected chi connectivity index (χ4v) is 6.58. The third-order valence-electron chi connectivity index (χ3n) is 8.88. The van der Waals surface area contributed by atoms with Gasteiger partial charge in [0, 0.05) is 35.0 Å². The van der Waals surface area contributed by atoms with E-state index in [1.54, 1.807) is 0 Å². The molecular weight excluding hydrogens is 396 g/mol. The number of likely N-dealkylation sites (tertiary alicyclic amines) is 2. The van der Waals surface area contributed by atoms with Crippen molar-refractivity contribution in [2.24, 2.45) is 11.8 Å². The number of allylic oxidation sites excluding steroid dienone is 1. The van der Waals surface area contributed by atoms with E-state index in [-0.39, 0.29) is 40.1 Å². The maximum absolute atomic E-state index is 13.1. The molecule has 4 nitrogen and oxygen atoms in total. The molecule has 0 aromatic carbocycles. The lowest BCUT2D eigenvalue weighted by molar-refractivity contribution is -0.163. The first kappa shape index (κ1) is 27.4. The average molecular weight is 449 g/mol. The molecule has 2 heterocycles. The number of carbonyl (C=O) groups excluding carboxylic acids is 1. The summed E-state index contributed by atoms with van der Waals surface area (Å²) in [6.07, 6.45) is 6.68. The highest BCUT2D eigenvalue weighted by Crippen LogP contribution is 2.43. The summed E-state index contributed by atoms with van der Waals surface area (Å²) in [4.78, 5) is 18.1. The number of hydrogen-bond donors (Lipinski definition) is 0. The van der Waals surface area contributed by atoms with Gasteiger partial charge in [-0.2, -0.15) is 0 Å². The minimum atomic E-state index is -0.0827. The summed E-state index contributed by atoms with van der Waals surface area (Å²) in [5.41, 5.74) is 1.61. The monoisotopic (exact) mass is 448 g/mol. The van der Waals surface area contributed by atoms with Gasteiger partial charge in [-0.25, -0.2) is 0 Å². The third-order valence-corrected chi connectivity index (χ3v) is 8.88. The molecule has 1 atom stereocenters. The van der Waals surface area contributed by atoms with E-state index in [1.165, 1.54) is 18.4 Å². The average Bonchev–Trinajstić information content (AvgIpc) is 2.61. The van der Waals surface area contributed by atoms with Crippen LogP contribution in [0, 0.1) is 11.8 Å². The van der Waals surface area contributed by atoms with Crippen LogP contribution in [0.15, 0.2) is 12.2 Å². The van der Waals surface area contributed by atoms with Gasteiger partial charge in [0.25, 0.3) is 0 Å². The molecule has 0 aliphatic carbocycles. The summed E-state index contributed by atoms with van der Waals surface area (Å²) in [7, 11) is 4.43. The summed E-state index contributed by atoms with van der Waals surface area (Å²) < 4.78 is 6.12. The first-order valence-electron chi connectivity index (χ1n) is 12.8. The molecule has 0 aromatic heterocycles. The summed E-state index contributed by atoms with van der Waals surface area (Å²) in [6, 6.07) is 0. The minimum absolute atomic E-state index is 0.0125. The van der Waals surface area contributed by atoms with Crippen LogP contribution in [0.4, 0.5) is 0 Å². The van der Waals surface area contributed by atoms with Crippen LogP contribution in [0.3, 0.4) is 0 Å². The summed E-state index contributed by atoms with van der Waals surface area (Å²) in [5.74, 6) is 0.507. The highest BCUT2D eigenvalue weighted by molar-refractivity contribution is 5.73.